The van der Waals surface area contributed by atoms with Crippen molar-refractivity contribution in [1.82, 2.24) is 5.32 Å². The maximum absolute atomic E-state index is 9.88. The van der Waals surface area contributed by atoms with Gasteiger partial charge in [-0.3, -0.25) is 0 Å². The van der Waals surface area contributed by atoms with Crippen LogP contribution in [-0.2, 0) is 4.74 Å². The molecule has 1 aromatic carbocycles. The molecule has 0 radical (unpaired) electrons. The summed E-state index contributed by atoms with van der Waals surface area (Å²) in [6, 6.07) is 6.05. The highest BCUT2D eigenvalue weighted by Crippen LogP contribution is 2.28. The highest BCUT2D eigenvalue weighted by molar-refractivity contribution is 5.35. The summed E-state index contributed by atoms with van der Waals surface area (Å²) in [7, 11) is 0. The molecule has 1 atom stereocenters. The number of nitrogens with one attached hydrogen (secondary N) is 1. The Labute approximate surface area is 127 Å². The van der Waals surface area contributed by atoms with Crippen molar-refractivity contribution in [2.24, 2.45) is 5.92 Å². The molecule has 4 nitrogen and oxygen atoms in total. The highest BCUT2D eigenvalue weighted by Gasteiger charge is 2.20. The first-order chi connectivity index (χ1) is 10.1. The normalized spacial score (nSPS) is 16.0. The zero-order chi connectivity index (χ0) is 15.1. The molecule has 0 aliphatic heterocycles. The molecule has 2 N–H and O–H groups in total. The van der Waals surface area contributed by atoms with E-state index in [9.17, 15) is 5.11 Å². The largest absolute Gasteiger partial charge is 0.491 e. The van der Waals surface area contributed by atoms with Crippen molar-refractivity contribution in [3.05, 3.63) is 29.3 Å². The second-order valence-electron chi connectivity index (χ2n) is 5.96. The summed E-state index contributed by atoms with van der Waals surface area (Å²) < 4.78 is 11.2. The topological polar surface area (TPSA) is 50.7 Å². The lowest BCUT2D eigenvalue weighted by Crippen LogP contribution is -2.33. The Kier molecular flexibility index (Phi) is 6.49. The van der Waals surface area contributed by atoms with Gasteiger partial charge < -0.3 is 19.9 Å². The van der Waals surface area contributed by atoms with Gasteiger partial charge in [-0.15, -0.1) is 0 Å². The standard InChI is InChI=1S/C17H27NO3/c1-13-3-6-17(14(2)9-13)21-12-16(19)10-18-7-8-20-11-15-4-5-15/h3,6,9,15-16,18-19H,4-5,7-8,10-12H2,1-2H3. The number of rotatable bonds is 10. The summed E-state index contributed by atoms with van der Waals surface area (Å²) in [6.45, 7) is 7.27. The quantitative estimate of drug-likeness (QED) is 0.648. The Balaban J connectivity index is 1.53. The molecule has 2 rings (SSSR count). The molecule has 0 bridgehead atoms. The molecule has 0 saturated heterocycles. The molecular formula is C17H27NO3. The third-order valence-electron chi connectivity index (χ3n) is 3.62. The SMILES string of the molecule is Cc1ccc(OCC(O)CNCCOCC2CC2)c(C)c1. The van der Waals surface area contributed by atoms with E-state index in [1.807, 2.05) is 19.1 Å². The fourth-order valence-electron chi connectivity index (χ4n) is 2.15. The van der Waals surface area contributed by atoms with Crippen LogP contribution in [0.15, 0.2) is 18.2 Å². The van der Waals surface area contributed by atoms with Gasteiger partial charge in [-0.25, -0.2) is 0 Å². The van der Waals surface area contributed by atoms with Crippen LogP contribution in [0.2, 0.25) is 0 Å². The zero-order valence-electron chi connectivity index (χ0n) is 13.1. The van der Waals surface area contributed by atoms with Crippen LogP contribution in [0, 0.1) is 19.8 Å². The van der Waals surface area contributed by atoms with E-state index in [-0.39, 0.29) is 0 Å². The van der Waals surface area contributed by atoms with Gasteiger partial charge in [0.25, 0.3) is 0 Å². The first-order valence-corrected chi connectivity index (χ1v) is 7.81. The number of aliphatic hydroxyl groups excluding tert-OH is 1. The van der Waals surface area contributed by atoms with Crippen LogP contribution in [0.1, 0.15) is 24.0 Å². The zero-order valence-corrected chi connectivity index (χ0v) is 13.1. The molecule has 1 unspecified atom stereocenters. The number of hydrogen-bond acceptors (Lipinski definition) is 4. The highest BCUT2D eigenvalue weighted by atomic mass is 16.5. The molecule has 118 valence electrons. The maximum atomic E-state index is 9.88. The lowest BCUT2D eigenvalue weighted by molar-refractivity contribution is 0.0965. The van der Waals surface area contributed by atoms with Crippen molar-refractivity contribution in [1.29, 1.82) is 0 Å². The summed E-state index contributed by atoms with van der Waals surface area (Å²) in [6.07, 6.45) is 2.14. The molecule has 1 aliphatic carbocycles. The first kappa shape index (κ1) is 16.3. The van der Waals surface area contributed by atoms with Gasteiger partial charge in [0.1, 0.15) is 18.5 Å². The van der Waals surface area contributed by atoms with Crippen molar-refractivity contribution >= 4 is 0 Å². The minimum atomic E-state index is -0.505. The van der Waals surface area contributed by atoms with Crippen molar-refractivity contribution in [3.8, 4) is 5.75 Å². The number of aliphatic hydroxyl groups is 1. The summed E-state index contributed by atoms with van der Waals surface area (Å²) >= 11 is 0. The number of hydrogen-bond donors (Lipinski definition) is 2. The molecule has 1 aromatic rings. The summed E-state index contributed by atoms with van der Waals surface area (Å²) in [5.41, 5.74) is 2.32. The second kappa shape index (κ2) is 8.37. The van der Waals surface area contributed by atoms with Gasteiger partial charge in [0.2, 0.25) is 0 Å². The predicted molar refractivity (Wildman–Crippen MR) is 83.8 cm³/mol. The molecule has 0 spiro atoms. The molecule has 0 heterocycles. The molecule has 0 aromatic heterocycles. The Bertz CT molecular complexity index is 432. The Morgan fingerprint density at radius 3 is 2.86 bits per heavy atom. The van der Waals surface area contributed by atoms with Crippen LogP contribution in [-0.4, -0.2) is 44.1 Å². The number of ether oxygens (including phenoxy) is 2. The van der Waals surface area contributed by atoms with Crippen LogP contribution >= 0.6 is 0 Å². The van der Waals surface area contributed by atoms with Crippen LogP contribution in [0.25, 0.3) is 0 Å². The van der Waals surface area contributed by atoms with Gasteiger partial charge in [-0.1, -0.05) is 17.7 Å². The smallest absolute Gasteiger partial charge is 0.122 e. The summed E-state index contributed by atoms with van der Waals surface area (Å²) in [5, 5.41) is 13.1. The van der Waals surface area contributed by atoms with Crippen LogP contribution < -0.4 is 10.1 Å². The van der Waals surface area contributed by atoms with Crippen LogP contribution in [0.3, 0.4) is 0 Å². The fraction of sp³-hybridized carbons (Fsp3) is 0.647. The van der Waals surface area contributed by atoms with Gasteiger partial charge in [-0.05, 0) is 44.2 Å². The Morgan fingerprint density at radius 2 is 2.14 bits per heavy atom. The van der Waals surface area contributed by atoms with Crippen LogP contribution in [0.4, 0.5) is 0 Å². The summed E-state index contributed by atoms with van der Waals surface area (Å²) in [5.74, 6) is 1.65. The predicted octanol–water partition coefficient (Wildman–Crippen LogP) is 2.06. The molecule has 1 saturated carbocycles. The van der Waals surface area contributed by atoms with Gasteiger partial charge in [0.15, 0.2) is 0 Å². The third-order valence-corrected chi connectivity index (χ3v) is 3.62. The number of benzene rings is 1. The van der Waals surface area contributed by atoms with Gasteiger partial charge >= 0.3 is 0 Å². The average molecular weight is 293 g/mol. The van der Waals surface area contributed by atoms with Gasteiger partial charge in [0, 0.05) is 19.7 Å². The molecule has 1 fully saturated rings. The minimum Gasteiger partial charge on any atom is -0.491 e. The lowest BCUT2D eigenvalue weighted by Gasteiger charge is -2.15. The van der Waals surface area contributed by atoms with E-state index in [0.717, 1.165) is 30.4 Å². The van der Waals surface area contributed by atoms with Crippen molar-refractivity contribution in [2.75, 3.05) is 32.9 Å². The maximum Gasteiger partial charge on any atom is 0.122 e. The summed E-state index contributed by atoms with van der Waals surface area (Å²) in [4.78, 5) is 0. The van der Waals surface area contributed by atoms with E-state index >= 15 is 0 Å². The van der Waals surface area contributed by atoms with E-state index in [1.165, 1.54) is 18.4 Å². The minimum absolute atomic E-state index is 0.305. The fourth-order valence-corrected chi connectivity index (χ4v) is 2.15. The third kappa shape index (κ3) is 6.46. The lowest BCUT2D eigenvalue weighted by atomic mass is 10.1. The van der Waals surface area contributed by atoms with Gasteiger partial charge in [0.05, 0.1) is 6.61 Å². The first-order valence-electron chi connectivity index (χ1n) is 7.81. The number of aryl methyl sites for hydroxylation is 2. The van der Waals surface area contributed by atoms with E-state index in [2.05, 4.69) is 18.3 Å². The Morgan fingerprint density at radius 1 is 1.33 bits per heavy atom. The Hall–Kier alpha value is -1.10. The molecule has 0 amide bonds. The molecule has 21 heavy (non-hydrogen) atoms. The van der Waals surface area contributed by atoms with E-state index in [0.29, 0.717) is 19.8 Å². The monoisotopic (exact) mass is 293 g/mol. The molecule has 4 heteroatoms. The van der Waals surface area contributed by atoms with Gasteiger partial charge in [-0.2, -0.15) is 0 Å². The van der Waals surface area contributed by atoms with Crippen LogP contribution in [0.5, 0.6) is 5.75 Å². The molecule has 1 aliphatic rings. The van der Waals surface area contributed by atoms with Crippen molar-refractivity contribution < 1.29 is 14.6 Å². The van der Waals surface area contributed by atoms with E-state index in [1.54, 1.807) is 0 Å². The molecular weight excluding hydrogens is 266 g/mol. The van der Waals surface area contributed by atoms with E-state index < -0.39 is 6.10 Å². The van der Waals surface area contributed by atoms with Crippen molar-refractivity contribution in [2.45, 2.75) is 32.8 Å². The van der Waals surface area contributed by atoms with Crippen molar-refractivity contribution in [3.63, 3.8) is 0 Å². The average Bonchev–Trinajstić information content (AvgIpc) is 3.26. The van der Waals surface area contributed by atoms with E-state index in [4.69, 9.17) is 9.47 Å². The second-order valence-corrected chi connectivity index (χ2v) is 5.96.